The van der Waals surface area contributed by atoms with Gasteiger partial charge in [-0.3, -0.25) is 9.59 Å². The van der Waals surface area contributed by atoms with Gasteiger partial charge in [-0.1, -0.05) is 0 Å². The number of primary amides is 1. The quantitative estimate of drug-likeness (QED) is 0.452. The average Bonchev–Trinajstić information content (AvgIpc) is 2.03. The van der Waals surface area contributed by atoms with E-state index in [4.69, 9.17) is 5.73 Å². The molecule has 1 saturated heterocycles. The number of carbonyl (C=O) groups excluding carboxylic acids is 2. The molecule has 1 heterocycles. The first-order chi connectivity index (χ1) is 5.92. The van der Waals surface area contributed by atoms with Crippen LogP contribution in [0.4, 0.5) is 0 Å². The van der Waals surface area contributed by atoms with Gasteiger partial charge in [-0.2, -0.15) is 0 Å². The molecule has 0 saturated carbocycles. The Morgan fingerprint density at radius 2 is 1.62 bits per heavy atom. The van der Waals surface area contributed by atoms with Crippen molar-refractivity contribution in [2.45, 2.75) is 0 Å². The molecule has 74 valence electrons. The molecule has 0 aliphatic carbocycles. The zero-order chi connectivity index (χ0) is 10.1. The number of hydrogen-bond acceptors (Lipinski definition) is 4. The van der Waals surface area contributed by atoms with Crippen molar-refractivity contribution in [1.29, 1.82) is 0 Å². The highest BCUT2D eigenvalue weighted by Crippen LogP contribution is 2.03. The van der Waals surface area contributed by atoms with Crippen LogP contribution in [0.1, 0.15) is 0 Å². The van der Waals surface area contributed by atoms with Crippen LogP contribution >= 0.6 is 0 Å². The van der Waals surface area contributed by atoms with Gasteiger partial charge in [-0.05, 0) is 0 Å². The van der Waals surface area contributed by atoms with Crippen molar-refractivity contribution in [3.05, 3.63) is 0 Å². The van der Waals surface area contributed by atoms with Crippen molar-refractivity contribution in [3.63, 3.8) is 0 Å². The molecule has 13 heavy (non-hydrogen) atoms. The van der Waals surface area contributed by atoms with Crippen molar-refractivity contribution in [3.8, 4) is 0 Å². The largest absolute Gasteiger partial charge is 0.361 e. The topological polar surface area (TPSA) is 97.5 Å². The summed E-state index contributed by atoms with van der Waals surface area (Å²) in [7, 11) is -3.02. The minimum Gasteiger partial charge on any atom is -0.361 e. The molecular formula is C6H10N2O4S. The number of carbonyl (C=O) groups is 2. The maximum atomic E-state index is 11.0. The highest BCUT2D eigenvalue weighted by atomic mass is 32.2. The van der Waals surface area contributed by atoms with Crippen LogP contribution in [0.3, 0.4) is 0 Å². The maximum absolute atomic E-state index is 11.0. The van der Waals surface area contributed by atoms with E-state index in [2.05, 4.69) is 0 Å². The normalized spacial score (nSPS) is 21.1. The molecule has 6 nitrogen and oxygen atoms in total. The number of sulfone groups is 1. The Morgan fingerprint density at radius 1 is 1.15 bits per heavy atom. The smallest absolute Gasteiger partial charge is 0.311 e. The van der Waals surface area contributed by atoms with Gasteiger partial charge in [0.15, 0.2) is 9.84 Å². The number of hydrogen-bond donors (Lipinski definition) is 1. The van der Waals surface area contributed by atoms with E-state index >= 15 is 0 Å². The molecule has 0 aromatic heterocycles. The number of rotatable bonds is 0. The molecule has 7 heteroatoms. The minimum atomic E-state index is -3.02. The van der Waals surface area contributed by atoms with Crippen molar-refractivity contribution < 1.29 is 18.0 Å². The molecule has 0 unspecified atom stereocenters. The monoisotopic (exact) mass is 206 g/mol. The highest BCUT2D eigenvalue weighted by Gasteiger charge is 2.27. The van der Waals surface area contributed by atoms with E-state index in [0.29, 0.717) is 0 Å². The summed E-state index contributed by atoms with van der Waals surface area (Å²) >= 11 is 0. The summed E-state index contributed by atoms with van der Waals surface area (Å²) in [6, 6.07) is 0. The molecule has 1 aliphatic rings. The van der Waals surface area contributed by atoms with Crippen LogP contribution < -0.4 is 5.73 Å². The fraction of sp³-hybridized carbons (Fsp3) is 0.667. The molecule has 0 bridgehead atoms. The SMILES string of the molecule is NC(=O)C(=O)N1CCS(=O)(=O)CC1. The second-order valence-corrected chi connectivity index (χ2v) is 5.11. The fourth-order valence-electron chi connectivity index (χ4n) is 1.07. The number of nitrogens with zero attached hydrogens (tertiary/aromatic N) is 1. The van der Waals surface area contributed by atoms with Gasteiger partial charge in [-0.25, -0.2) is 8.42 Å². The average molecular weight is 206 g/mol. The van der Waals surface area contributed by atoms with E-state index in [0.717, 1.165) is 4.90 Å². The van der Waals surface area contributed by atoms with Gasteiger partial charge in [0.2, 0.25) is 0 Å². The lowest BCUT2D eigenvalue weighted by Gasteiger charge is -2.25. The van der Waals surface area contributed by atoms with E-state index in [1.165, 1.54) is 0 Å². The predicted molar refractivity (Wildman–Crippen MR) is 44.4 cm³/mol. The van der Waals surface area contributed by atoms with Crippen LogP contribution in [0.2, 0.25) is 0 Å². The second-order valence-electron chi connectivity index (χ2n) is 2.81. The van der Waals surface area contributed by atoms with E-state index in [-0.39, 0.29) is 24.6 Å². The number of amides is 2. The third-order valence-corrected chi connectivity index (χ3v) is 3.45. The van der Waals surface area contributed by atoms with Crippen molar-refractivity contribution in [1.82, 2.24) is 4.90 Å². The summed E-state index contributed by atoms with van der Waals surface area (Å²) in [6.07, 6.45) is 0. The predicted octanol–water partition coefficient (Wildman–Crippen LogP) is -2.27. The Kier molecular flexibility index (Phi) is 2.55. The molecule has 0 radical (unpaired) electrons. The summed E-state index contributed by atoms with van der Waals surface area (Å²) in [5.41, 5.74) is 4.75. The summed E-state index contributed by atoms with van der Waals surface area (Å²) in [4.78, 5) is 22.6. The van der Waals surface area contributed by atoms with Gasteiger partial charge < -0.3 is 10.6 Å². The van der Waals surface area contributed by atoms with Crippen molar-refractivity contribution in [2.24, 2.45) is 5.73 Å². The first-order valence-corrected chi connectivity index (χ1v) is 5.54. The zero-order valence-electron chi connectivity index (χ0n) is 6.89. The molecule has 0 aromatic carbocycles. The Hall–Kier alpha value is -1.11. The second kappa shape index (κ2) is 3.33. The van der Waals surface area contributed by atoms with Gasteiger partial charge in [-0.15, -0.1) is 0 Å². The first-order valence-electron chi connectivity index (χ1n) is 3.71. The van der Waals surface area contributed by atoms with Crippen LogP contribution in [0.25, 0.3) is 0 Å². The first kappa shape index (κ1) is 9.97. The summed E-state index contributed by atoms with van der Waals surface area (Å²) in [5, 5.41) is 0. The molecule has 0 aromatic rings. The van der Waals surface area contributed by atoms with E-state index in [1.54, 1.807) is 0 Å². The van der Waals surface area contributed by atoms with E-state index < -0.39 is 21.7 Å². The van der Waals surface area contributed by atoms with Crippen LogP contribution in [-0.2, 0) is 19.4 Å². The number of nitrogens with two attached hydrogens (primary N) is 1. The van der Waals surface area contributed by atoms with Crippen LogP contribution in [-0.4, -0.2) is 49.7 Å². The third kappa shape index (κ3) is 2.41. The molecular weight excluding hydrogens is 196 g/mol. The standard InChI is InChI=1S/C6H10N2O4S/c7-5(9)6(10)8-1-3-13(11,12)4-2-8/h1-4H2,(H2,7,9). The van der Waals surface area contributed by atoms with Gasteiger partial charge >= 0.3 is 11.8 Å². The van der Waals surface area contributed by atoms with Crippen molar-refractivity contribution >= 4 is 21.7 Å². The van der Waals surface area contributed by atoms with Gasteiger partial charge in [0, 0.05) is 13.1 Å². The van der Waals surface area contributed by atoms with E-state index in [1.807, 2.05) is 0 Å². The molecule has 2 amide bonds. The molecule has 2 N–H and O–H groups in total. The minimum absolute atomic E-state index is 0.0596. The Bertz CT molecular complexity index is 321. The summed E-state index contributed by atoms with van der Waals surface area (Å²) in [6.45, 7) is 0.119. The van der Waals surface area contributed by atoms with Gasteiger partial charge in [0.25, 0.3) is 0 Å². The van der Waals surface area contributed by atoms with Gasteiger partial charge in [0.05, 0.1) is 11.5 Å². The van der Waals surface area contributed by atoms with Crippen LogP contribution in [0.15, 0.2) is 0 Å². The molecule has 0 spiro atoms. The third-order valence-electron chi connectivity index (χ3n) is 1.84. The lowest BCUT2D eigenvalue weighted by atomic mass is 10.4. The Balaban J connectivity index is 2.60. The maximum Gasteiger partial charge on any atom is 0.311 e. The summed E-state index contributed by atoms with van der Waals surface area (Å²) < 4.78 is 21.9. The lowest BCUT2D eigenvalue weighted by Crippen LogP contribution is -2.48. The highest BCUT2D eigenvalue weighted by molar-refractivity contribution is 7.91. The molecule has 1 fully saturated rings. The molecule has 1 aliphatic heterocycles. The lowest BCUT2D eigenvalue weighted by molar-refractivity contribution is -0.143. The fourth-order valence-corrected chi connectivity index (χ4v) is 2.27. The zero-order valence-corrected chi connectivity index (χ0v) is 7.71. The Labute approximate surface area is 75.6 Å². The van der Waals surface area contributed by atoms with E-state index in [9.17, 15) is 18.0 Å². The molecule has 1 rings (SSSR count). The summed E-state index contributed by atoms with van der Waals surface area (Å²) in [5.74, 6) is -2.04. The Morgan fingerprint density at radius 3 is 2.00 bits per heavy atom. The molecule has 0 atom stereocenters. The van der Waals surface area contributed by atoms with Gasteiger partial charge in [0.1, 0.15) is 0 Å². The van der Waals surface area contributed by atoms with Crippen LogP contribution in [0.5, 0.6) is 0 Å². The van der Waals surface area contributed by atoms with Crippen LogP contribution in [0, 0.1) is 0 Å². The van der Waals surface area contributed by atoms with Crippen molar-refractivity contribution in [2.75, 3.05) is 24.6 Å².